The van der Waals surface area contributed by atoms with Gasteiger partial charge < -0.3 is 25.2 Å². The van der Waals surface area contributed by atoms with Crippen molar-refractivity contribution in [3.05, 3.63) is 59.7 Å². The number of nitrogens with one attached hydrogen (secondary N) is 2. The highest BCUT2D eigenvalue weighted by atomic mass is 16.5. The zero-order valence-corrected chi connectivity index (χ0v) is 20.3. The first-order valence-electron chi connectivity index (χ1n) is 12.3. The van der Waals surface area contributed by atoms with Crippen LogP contribution in [0.2, 0.25) is 0 Å². The summed E-state index contributed by atoms with van der Waals surface area (Å²) in [6.07, 6.45) is 5.36. The van der Waals surface area contributed by atoms with E-state index in [1.165, 1.54) is 10.5 Å². The Balaban J connectivity index is 1.46. The van der Waals surface area contributed by atoms with Crippen LogP contribution in [0.4, 0.5) is 16.2 Å². The number of amides is 3. The molecule has 2 aromatic rings. The maximum atomic E-state index is 13.2. The van der Waals surface area contributed by atoms with Crippen LogP contribution in [0.15, 0.2) is 48.5 Å². The molecule has 2 aromatic carbocycles. The highest BCUT2D eigenvalue weighted by Crippen LogP contribution is 2.30. The van der Waals surface area contributed by atoms with E-state index in [0.717, 1.165) is 57.5 Å². The summed E-state index contributed by atoms with van der Waals surface area (Å²) in [6.45, 7) is 3.08. The van der Waals surface area contributed by atoms with Gasteiger partial charge in [-0.3, -0.25) is 4.79 Å². The predicted octanol–water partition coefficient (Wildman–Crippen LogP) is 4.15. The number of carbonyl (C=O) groups is 2. The smallest absolute Gasteiger partial charge is 0.321 e. The lowest BCUT2D eigenvalue weighted by Crippen LogP contribution is -2.37. The number of hydrogen-bond donors (Lipinski definition) is 2. The van der Waals surface area contributed by atoms with E-state index in [4.69, 9.17) is 4.74 Å². The Hall–Kier alpha value is -3.06. The molecule has 4 rings (SSSR count). The number of piperidine rings is 1. The van der Waals surface area contributed by atoms with Crippen LogP contribution in [0.1, 0.15) is 41.6 Å². The van der Waals surface area contributed by atoms with Crippen LogP contribution < -0.4 is 15.5 Å². The van der Waals surface area contributed by atoms with Gasteiger partial charge in [0.25, 0.3) is 5.91 Å². The highest BCUT2D eigenvalue weighted by Gasteiger charge is 2.25. The third-order valence-corrected chi connectivity index (χ3v) is 6.74. The summed E-state index contributed by atoms with van der Waals surface area (Å²) in [7, 11) is 3.39. The van der Waals surface area contributed by atoms with E-state index >= 15 is 0 Å². The van der Waals surface area contributed by atoms with Crippen molar-refractivity contribution in [3.63, 3.8) is 0 Å². The number of benzene rings is 2. The van der Waals surface area contributed by atoms with E-state index in [1.54, 1.807) is 20.2 Å². The third-order valence-electron chi connectivity index (χ3n) is 6.74. The minimum absolute atomic E-state index is 0.0813. The summed E-state index contributed by atoms with van der Waals surface area (Å²) < 4.78 is 5.66. The van der Waals surface area contributed by atoms with Crippen molar-refractivity contribution >= 4 is 23.3 Å². The molecule has 0 radical (unpaired) electrons. The second kappa shape index (κ2) is 11.4. The number of ether oxygens (including phenoxy) is 1. The number of carbonyl (C=O) groups excluding carboxylic acids is 2. The Bertz CT molecular complexity index is 965. The van der Waals surface area contributed by atoms with Gasteiger partial charge in [0.15, 0.2) is 0 Å². The number of rotatable bonds is 7. The Morgan fingerprint density at radius 2 is 1.82 bits per heavy atom. The van der Waals surface area contributed by atoms with Crippen molar-refractivity contribution in [1.82, 2.24) is 10.2 Å². The van der Waals surface area contributed by atoms with E-state index in [2.05, 4.69) is 45.9 Å². The molecule has 2 saturated heterocycles. The van der Waals surface area contributed by atoms with Gasteiger partial charge in [0, 0.05) is 51.7 Å². The first kappa shape index (κ1) is 24.1. The quantitative estimate of drug-likeness (QED) is 0.646. The second-order valence-corrected chi connectivity index (χ2v) is 9.52. The first-order chi connectivity index (χ1) is 16.5. The van der Waals surface area contributed by atoms with E-state index in [9.17, 15) is 9.59 Å². The Morgan fingerprint density at radius 1 is 1.06 bits per heavy atom. The largest absolute Gasteiger partial charge is 0.376 e. The maximum Gasteiger partial charge on any atom is 0.321 e. The topological polar surface area (TPSA) is 73.9 Å². The van der Waals surface area contributed by atoms with Gasteiger partial charge in [0.05, 0.1) is 11.7 Å². The fraction of sp³-hybridized carbons (Fsp3) is 0.481. The van der Waals surface area contributed by atoms with Gasteiger partial charge in [0.2, 0.25) is 0 Å². The van der Waals surface area contributed by atoms with E-state index in [0.29, 0.717) is 23.7 Å². The number of nitrogens with zero attached hydrogens (tertiary/aromatic N) is 2. The maximum absolute atomic E-state index is 13.2. The summed E-state index contributed by atoms with van der Waals surface area (Å²) >= 11 is 0. The van der Waals surface area contributed by atoms with Gasteiger partial charge in [-0.2, -0.15) is 0 Å². The Morgan fingerprint density at radius 3 is 2.50 bits per heavy atom. The van der Waals surface area contributed by atoms with E-state index in [-0.39, 0.29) is 18.0 Å². The van der Waals surface area contributed by atoms with Crippen LogP contribution >= 0.6 is 0 Å². The molecule has 0 aromatic heterocycles. The van der Waals surface area contributed by atoms with Crippen molar-refractivity contribution in [1.29, 1.82) is 0 Å². The zero-order valence-electron chi connectivity index (χ0n) is 20.3. The van der Waals surface area contributed by atoms with Crippen molar-refractivity contribution in [3.8, 4) is 0 Å². The van der Waals surface area contributed by atoms with Crippen molar-refractivity contribution in [2.45, 2.75) is 38.2 Å². The fourth-order valence-electron chi connectivity index (χ4n) is 4.74. The molecule has 0 saturated carbocycles. The van der Waals surface area contributed by atoms with Gasteiger partial charge in [-0.15, -0.1) is 0 Å². The van der Waals surface area contributed by atoms with Gasteiger partial charge in [-0.1, -0.05) is 30.3 Å². The first-order valence-corrected chi connectivity index (χ1v) is 12.3. The minimum atomic E-state index is -0.222. The highest BCUT2D eigenvalue weighted by molar-refractivity contribution is 6.02. The number of anilines is 2. The average molecular weight is 465 g/mol. The van der Waals surface area contributed by atoms with Crippen molar-refractivity contribution < 1.29 is 14.3 Å². The molecule has 34 heavy (non-hydrogen) atoms. The zero-order chi connectivity index (χ0) is 23.9. The fourth-order valence-corrected chi connectivity index (χ4v) is 4.74. The van der Waals surface area contributed by atoms with Crippen LogP contribution in [0, 0.1) is 5.92 Å². The molecule has 2 fully saturated rings. The molecule has 7 nitrogen and oxygen atoms in total. The molecule has 2 aliphatic heterocycles. The molecule has 1 unspecified atom stereocenters. The molecule has 0 bridgehead atoms. The second-order valence-electron chi connectivity index (χ2n) is 9.52. The minimum Gasteiger partial charge on any atom is -0.376 e. The monoisotopic (exact) mass is 464 g/mol. The molecule has 0 aliphatic carbocycles. The summed E-state index contributed by atoms with van der Waals surface area (Å²) in [5, 5.41) is 5.91. The summed E-state index contributed by atoms with van der Waals surface area (Å²) in [4.78, 5) is 29.2. The molecule has 2 aliphatic rings. The average Bonchev–Trinajstić information content (AvgIpc) is 3.37. The predicted molar refractivity (Wildman–Crippen MR) is 136 cm³/mol. The van der Waals surface area contributed by atoms with Gasteiger partial charge in [-0.05, 0) is 61.8 Å². The molecule has 3 amide bonds. The Labute approximate surface area is 202 Å². The molecular weight excluding hydrogens is 428 g/mol. The normalized spacial score (nSPS) is 18.5. The molecule has 7 heteroatoms. The third kappa shape index (κ3) is 6.29. The summed E-state index contributed by atoms with van der Waals surface area (Å²) in [5.74, 6) is 0.520. The summed E-state index contributed by atoms with van der Waals surface area (Å²) in [5.41, 5.74) is 3.52. The van der Waals surface area contributed by atoms with Crippen LogP contribution in [-0.2, 0) is 11.2 Å². The van der Waals surface area contributed by atoms with Gasteiger partial charge in [0.1, 0.15) is 0 Å². The lowest BCUT2D eigenvalue weighted by Gasteiger charge is -2.35. The van der Waals surface area contributed by atoms with E-state index < -0.39 is 0 Å². The molecule has 0 spiro atoms. The lowest BCUT2D eigenvalue weighted by atomic mass is 9.89. The molecule has 2 heterocycles. The van der Waals surface area contributed by atoms with E-state index in [1.807, 2.05) is 12.1 Å². The van der Waals surface area contributed by atoms with Crippen LogP contribution in [0.25, 0.3) is 0 Å². The van der Waals surface area contributed by atoms with Crippen LogP contribution in [0.5, 0.6) is 0 Å². The lowest BCUT2D eigenvalue weighted by molar-refractivity contribution is 0.0858. The van der Waals surface area contributed by atoms with Gasteiger partial charge >= 0.3 is 6.03 Å². The van der Waals surface area contributed by atoms with Gasteiger partial charge in [-0.25, -0.2) is 4.79 Å². The molecule has 2 N–H and O–H groups in total. The van der Waals surface area contributed by atoms with Crippen molar-refractivity contribution in [2.24, 2.45) is 5.92 Å². The standard InChI is InChI=1S/C27H36N4O3/c1-30(2)27(33)29-22-10-11-25(24(18-22)26(32)28-19-23-9-6-16-34-23)31-14-12-21(13-15-31)17-20-7-4-3-5-8-20/h3-5,7-8,10-11,18,21,23H,6,9,12-17,19H2,1-2H3,(H,28,32)(H,29,33). The molecule has 182 valence electrons. The summed E-state index contributed by atoms with van der Waals surface area (Å²) in [6, 6.07) is 16.1. The van der Waals surface area contributed by atoms with Crippen molar-refractivity contribution in [2.75, 3.05) is 50.6 Å². The number of hydrogen-bond acceptors (Lipinski definition) is 4. The van der Waals surface area contributed by atoms with Crippen LogP contribution in [0.3, 0.4) is 0 Å². The number of urea groups is 1. The van der Waals surface area contributed by atoms with Crippen LogP contribution in [-0.4, -0.2) is 63.3 Å². The Kier molecular flexibility index (Phi) is 8.06. The SMILES string of the molecule is CN(C)C(=O)Nc1ccc(N2CCC(Cc3ccccc3)CC2)c(C(=O)NCC2CCCO2)c1. The molecular formula is C27H36N4O3. The molecule has 1 atom stereocenters.